The molecule has 0 fully saturated rings. The van der Waals surface area contributed by atoms with Gasteiger partial charge in [-0.1, -0.05) is 62.6 Å². The summed E-state index contributed by atoms with van der Waals surface area (Å²) in [6.45, 7) is 11.5. The number of hydrogen-bond donors (Lipinski definition) is 0. The SMILES string of the molecule is C=C/C=C\C(C)C(/C=C\C)=C/C=C. The monoisotopic (exact) mass is 174 g/mol. The van der Waals surface area contributed by atoms with Crippen molar-refractivity contribution in [2.24, 2.45) is 5.92 Å². The van der Waals surface area contributed by atoms with Crippen molar-refractivity contribution < 1.29 is 0 Å². The van der Waals surface area contributed by atoms with Crippen LogP contribution in [0.1, 0.15) is 13.8 Å². The number of allylic oxidation sites excluding steroid dienone is 8. The lowest BCUT2D eigenvalue weighted by atomic mass is 9.99. The lowest BCUT2D eigenvalue weighted by molar-refractivity contribution is 0.891. The highest BCUT2D eigenvalue weighted by molar-refractivity contribution is 5.28. The van der Waals surface area contributed by atoms with E-state index in [1.54, 1.807) is 6.08 Å². The van der Waals surface area contributed by atoms with Gasteiger partial charge < -0.3 is 0 Å². The molecular formula is C13H18. The highest BCUT2D eigenvalue weighted by Crippen LogP contribution is 2.13. The van der Waals surface area contributed by atoms with Crippen LogP contribution in [0.3, 0.4) is 0 Å². The minimum atomic E-state index is 0.409. The molecule has 0 spiro atoms. The van der Waals surface area contributed by atoms with Crippen LogP contribution in [0.2, 0.25) is 0 Å². The van der Waals surface area contributed by atoms with Crippen molar-refractivity contribution in [3.63, 3.8) is 0 Å². The van der Waals surface area contributed by atoms with Gasteiger partial charge in [0.2, 0.25) is 0 Å². The molecule has 1 unspecified atom stereocenters. The van der Waals surface area contributed by atoms with E-state index >= 15 is 0 Å². The molecule has 0 aromatic heterocycles. The predicted molar refractivity (Wildman–Crippen MR) is 61.6 cm³/mol. The van der Waals surface area contributed by atoms with Crippen LogP contribution in [0, 0.1) is 5.92 Å². The van der Waals surface area contributed by atoms with Crippen molar-refractivity contribution in [2.75, 3.05) is 0 Å². The Labute approximate surface area is 81.7 Å². The molecule has 0 aromatic carbocycles. The average molecular weight is 174 g/mol. The van der Waals surface area contributed by atoms with Gasteiger partial charge >= 0.3 is 0 Å². The van der Waals surface area contributed by atoms with E-state index in [1.807, 2.05) is 31.2 Å². The van der Waals surface area contributed by atoms with Gasteiger partial charge in [-0.05, 0) is 18.4 Å². The molecule has 0 saturated carbocycles. The summed E-state index contributed by atoms with van der Waals surface area (Å²) in [7, 11) is 0. The second-order valence-electron chi connectivity index (χ2n) is 2.81. The lowest BCUT2D eigenvalue weighted by Crippen LogP contribution is -1.91. The smallest absolute Gasteiger partial charge is 0.000744 e. The fraction of sp³-hybridized carbons (Fsp3) is 0.231. The van der Waals surface area contributed by atoms with Crippen molar-refractivity contribution in [2.45, 2.75) is 13.8 Å². The Morgan fingerprint density at radius 2 is 1.92 bits per heavy atom. The van der Waals surface area contributed by atoms with Gasteiger partial charge in [-0.3, -0.25) is 0 Å². The molecule has 1 atom stereocenters. The van der Waals surface area contributed by atoms with E-state index in [1.165, 1.54) is 5.57 Å². The first-order chi connectivity index (χ1) is 6.26. The quantitative estimate of drug-likeness (QED) is 0.551. The largest absolute Gasteiger partial charge is 0.0991 e. The Hall–Kier alpha value is -1.30. The summed E-state index contributed by atoms with van der Waals surface area (Å²) in [4.78, 5) is 0. The Morgan fingerprint density at radius 1 is 1.23 bits per heavy atom. The van der Waals surface area contributed by atoms with Gasteiger partial charge in [0.05, 0.1) is 0 Å². The Morgan fingerprint density at radius 3 is 2.38 bits per heavy atom. The van der Waals surface area contributed by atoms with Crippen molar-refractivity contribution >= 4 is 0 Å². The minimum Gasteiger partial charge on any atom is -0.0991 e. The first-order valence-electron chi connectivity index (χ1n) is 4.50. The van der Waals surface area contributed by atoms with Gasteiger partial charge in [-0.25, -0.2) is 0 Å². The number of hydrogen-bond acceptors (Lipinski definition) is 0. The van der Waals surface area contributed by atoms with Gasteiger partial charge in [-0.15, -0.1) is 0 Å². The molecule has 0 rings (SSSR count). The summed E-state index contributed by atoms with van der Waals surface area (Å²) in [5, 5.41) is 0. The van der Waals surface area contributed by atoms with Crippen molar-refractivity contribution in [1.82, 2.24) is 0 Å². The summed E-state index contributed by atoms with van der Waals surface area (Å²) in [5.74, 6) is 0.409. The molecule has 0 aliphatic rings. The maximum atomic E-state index is 3.69. The highest BCUT2D eigenvalue weighted by atomic mass is 14.0. The van der Waals surface area contributed by atoms with Crippen molar-refractivity contribution in [3.8, 4) is 0 Å². The molecule has 13 heavy (non-hydrogen) atoms. The first-order valence-corrected chi connectivity index (χ1v) is 4.50. The van der Waals surface area contributed by atoms with E-state index in [-0.39, 0.29) is 0 Å². The van der Waals surface area contributed by atoms with Gasteiger partial charge in [0, 0.05) is 0 Å². The average Bonchev–Trinajstić information content (AvgIpc) is 2.14. The molecule has 0 nitrogen and oxygen atoms in total. The predicted octanol–water partition coefficient (Wildman–Crippen LogP) is 4.05. The third-order valence-corrected chi connectivity index (χ3v) is 1.73. The summed E-state index contributed by atoms with van der Waals surface area (Å²) in [6, 6.07) is 0. The van der Waals surface area contributed by atoms with Crippen LogP contribution < -0.4 is 0 Å². The van der Waals surface area contributed by atoms with E-state index in [0.717, 1.165) is 0 Å². The fourth-order valence-electron chi connectivity index (χ4n) is 1.04. The zero-order chi connectivity index (χ0) is 10.1. The van der Waals surface area contributed by atoms with Crippen LogP contribution in [-0.4, -0.2) is 0 Å². The second kappa shape index (κ2) is 7.35. The van der Waals surface area contributed by atoms with Crippen LogP contribution in [0.25, 0.3) is 0 Å². The molecule has 70 valence electrons. The van der Waals surface area contributed by atoms with E-state index in [2.05, 4.69) is 32.2 Å². The zero-order valence-electron chi connectivity index (χ0n) is 8.53. The van der Waals surface area contributed by atoms with Gasteiger partial charge in [0.15, 0.2) is 0 Å². The van der Waals surface area contributed by atoms with E-state index < -0.39 is 0 Å². The molecule has 0 N–H and O–H groups in total. The Bertz CT molecular complexity index is 239. The molecule has 0 radical (unpaired) electrons. The molecule has 0 aliphatic heterocycles. The van der Waals surface area contributed by atoms with E-state index in [4.69, 9.17) is 0 Å². The normalized spacial score (nSPS) is 15.1. The first kappa shape index (κ1) is 11.7. The molecule has 0 amide bonds. The summed E-state index contributed by atoms with van der Waals surface area (Å²) >= 11 is 0. The maximum absolute atomic E-state index is 3.69. The molecule has 0 bridgehead atoms. The van der Waals surface area contributed by atoms with Gasteiger partial charge in [0.25, 0.3) is 0 Å². The van der Waals surface area contributed by atoms with Gasteiger partial charge in [0.1, 0.15) is 0 Å². The molecule has 0 saturated heterocycles. The minimum absolute atomic E-state index is 0.409. The van der Waals surface area contributed by atoms with Crippen LogP contribution >= 0.6 is 0 Å². The van der Waals surface area contributed by atoms with Crippen molar-refractivity contribution in [1.29, 1.82) is 0 Å². The molecule has 0 aromatic rings. The molecule has 0 heteroatoms. The van der Waals surface area contributed by atoms with E-state index in [0.29, 0.717) is 5.92 Å². The van der Waals surface area contributed by atoms with Crippen LogP contribution in [-0.2, 0) is 0 Å². The number of rotatable bonds is 5. The fourth-order valence-corrected chi connectivity index (χ4v) is 1.04. The molecule has 0 aliphatic carbocycles. The summed E-state index contributed by atoms with van der Waals surface area (Å²) in [5.41, 5.74) is 1.26. The second-order valence-corrected chi connectivity index (χ2v) is 2.81. The molecule has 0 heterocycles. The third kappa shape index (κ3) is 5.02. The van der Waals surface area contributed by atoms with Crippen LogP contribution in [0.4, 0.5) is 0 Å². The summed E-state index contributed by atoms with van der Waals surface area (Å²) < 4.78 is 0. The highest BCUT2D eigenvalue weighted by Gasteiger charge is 1.98. The van der Waals surface area contributed by atoms with Crippen LogP contribution in [0.15, 0.2) is 61.3 Å². The molecular weight excluding hydrogens is 156 g/mol. The zero-order valence-corrected chi connectivity index (χ0v) is 8.53. The topological polar surface area (TPSA) is 0 Å². The Kier molecular flexibility index (Phi) is 6.62. The lowest BCUT2D eigenvalue weighted by Gasteiger charge is -2.06. The third-order valence-electron chi connectivity index (χ3n) is 1.73. The van der Waals surface area contributed by atoms with Crippen LogP contribution in [0.5, 0.6) is 0 Å². The van der Waals surface area contributed by atoms with Crippen molar-refractivity contribution in [3.05, 3.63) is 61.3 Å². The van der Waals surface area contributed by atoms with E-state index in [9.17, 15) is 0 Å². The maximum Gasteiger partial charge on any atom is -0.000744 e. The van der Waals surface area contributed by atoms with Gasteiger partial charge in [-0.2, -0.15) is 0 Å². The summed E-state index contributed by atoms with van der Waals surface area (Å²) in [6.07, 6.45) is 13.8. The standard InChI is InChI=1S/C13H18/c1-5-8-11-12(4)13(9-6-2)10-7-3/h5-12H,1-2H2,3-4H3/b10-7-,11-8-,13-9+. The Balaban J connectivity index is 4.54.